The number of hydrogen-bond donors (Lipinski definition) is 3. The second kappa shape index (κ2) is 9.90. The van der Waals surface area contributed by atoms with Crippen molar-refractivity contribution in [1.29, 1.82) is 0 Å². The summed E-state index contributed by atoms with van der Waals surface area (Å²) in [5.74, 6) is -0.954. The third kappa shape index (κ3) is 5.82. The first-order valence-corrected chi connectivity index (χ1v) is 9.74. The van der Waals surface area contributed by atoms with Gasteiger partial charge in [0.25, 0.3) is 0 Å². The zero-order valence-electron chi connectivity index (χ0n) is 15.9. The highest BCUT2D eigenvalue weighted by molar-refractivity contribution is 5.87. The number of urea groups is 1. The van der Waals surface area contributed by atoms with E-state index in [4.69, 9.17) is 5.11 Å². The summed E-state index contributed by atoms with van der Waals surface area (Å²) in [4.78, 5) is 25.5. The van der Waals surface area contributed by atoms with Gasteiger partial charge in [0.1, 0.15) is 0 Å². The van der Waals surface area contributed by atoms with Crippen LogP contribution in [0, 0.1) is 0 Å². The number of carbonyl (C=O) groups excluding carboxylic acids is 1. The fraction of sp³-hybridized carbons (Fsp3) is 0.364. The molecule has 1 fully saturated rings. The average Bonchev–Trinajstić information content (AvgIpc) is 2.72. The molecular weight excluding hydrogens is 354 g/mol. The topological polar surface area (TPSA) is 81.7 Å². The number of hydrogen-bond acceptors (Lipinski definition) is 3. The standard InChI is InChI=1S/C22H27N3O3/c26-21(27)19-11-9-17(10-12-19)14-23-22(28)24-15-20-8-4-5-13-25(20)16-18-6-2-1-3-7-18/h1-3,6-7,9-12,20H,4-5,8,13-16H2,(H,26,27)(H2,23,24,28). The first-order valence-electron chi connectivity index (χ1n) is 9.74. The lowest BCUT2D eigenvalue weighted by atomic mass is 10.0. The van der Waals surface area contributed by atoms with Gasteiger partial charge < -0.3 is 15.7 Å². The number of piperidine rings is 1. The Labute approximate surface area is 165 Å². The predicted octanol–water partition coefficient (Wildman–Crippen LogP) is 3.24. The van der Waals surface area contributed by atoms with Crippen molar-refractivity contribution in [1.82, 2.24) is 15.5 Å². The Morgan fingerprint density at radius 2 is 1.71 bits per heavy atom. The summed E-state index contributed by atoms with van der Waals surface area (Å²) in [6.07, 6.45) is 3.47. The number of nitrogens with one attached hydrogen (secondary N) is 2. The van der Waals surface area contributed by atoms with Crippen molar-refractivity contribution >= 4 is 12.0 Å². The zero-order chi connectivity index (χ0) is 19.8. The number of benzene rings is 2. The largest absolute Gasteiger partial charge is 0.478 e. The molecule has 148 valence electrons. The molecule has 6 nitrogen and oxygen atoms in total. The number of carboxylic acids is 1. The minimum absolute atomic E-state index is 0.201. The van der Waals surface area contributed by atoms with Gasteiger partial charge in [-0.3, -0.25) is 4.90 Å². The van der Waals surface area contributed by atoms with Crippen LogP contribution in [-0.4, -0.2) is 41.1 Å². The third-order valence-corrected chi connectivity index (χ3v) is 5.13. The summed E-state index contributed by atoms with van der Waals surface area (Å²) in [6, 6.07) is 17.1. The van der Waals surface area contributed by atoms with E-state index in [2.05, 4.69) is 39.8 Å². The molecule has 1 unspecified atom stereocenters. The maximum absolute atomic E-state index is 12.2. The van der Waals surface area contributed by atoms with Crippen molar-refractivity contribution in [3.63, 3.8) is 0 Å². The summed E-state index contributed by atoms with van der Waals surface area (Å²) in [6.45, 7) is 2.95. The van der Waals surface area contributed by atoms with E-state index in [-0.39, 0.29) is 11.6 Å². The van der Waals surface area contributed by atoms with Gasteiger partial charge >= 0.3 is 12.0 Å². The highest BCUT2D eigenvalue weighted by Gasteiger charge is 2.22. The Bertz CT molecular complexity index is 777. The van der Waals surface area contributed by atoms with Crippen molar-refractivity contribution in [3.05, 3.63) is 71.3 Å². The third-order valence-electron chi connectivity index (χ3n) is 5.13. The molecule has 2 amide bonds. The quantitative estimate of drug-likeness (QED) is 0.688. The molecule has 1 saturated heterocycles. The van der Waals surface area contributed by atoms with E-state index in [9.17, 15) is 9.59 Å². The number of carboxylic acid groups (broad SMARTS) is 1. The first kappa shape index (κ1) is 19.9. The smallest absolute Gasteiger partial charge is 0.335 e. The number of carbonyl (C=O) groups is 2. The molecule has 6 heteroatoms. The molecule has 1 aliphatic rings. The molecule has 0 aromatic heterocycles. The number of nitrogens with zero attached hydrogens (tertiary/aromatic N) is 1. The first-order chi connectivity index (χ1) is 13.6. The average molecular weight is 381 g/mol. The van der Waals surface area contributed by atoms with Crippen LogP contribution in [0.3, 0.4) is 0 Å². The Balaban J connectivity index is 1.45. The maximum Gasteiger partial charge on any atom is 0.335 e. The maximum atomic E-state index is 12.2. The lowest BCUT2D eigenvalue weighted by Gasteiger charge is -2.35. The highest BCUT2D eigenvalue weighted by Crippen LogP contribution is 2.19. The summed E-state index contributed by atoms with van der Waals surface area (Å²) < 4.78 is 0. The van der Waals surface area contributed by atoms with Crippen LogP contribution in [0.25, 0.3) is 0 Å². The van der Waals surface area contributed by atoms with Gasteiger partial charge in [-0.15, -0.1) is 0 Å². The summed E-state index contributed by atoms with van der Waals surface area (Å²) in [5, 5.41) is 14.7. The molecule has 28 heavy (non-hydrogen) atoms. The van der Waals surface area contributed by atoms with Gasteiger partial charge in [-0.25, -0.2) is 9.59 Å². The van der Waals surface area contributed by atoms with Gasteiger partial charge in [0.15, 0.2) is 0 Å². The van der Waals surface area contributed by atoms with E-state index >= 15 is 0 Å². The van der Waals surface area contributed by atoms with Gasteiger partial charge in [0, 0.05) is 25.7 Å². The number of aromatic carboxylic acids is 1. The van der Waals surface area contributed by atoms with Crippen LogP contribution in [0.4, 0.5) is 4.79 Å². The molecule has 1 aliphatic heterocycles. The molecule has 0 bridgehead atoms. The van der Waals surface area contributed by atoms with Crippen molar-refractivity contribution in [2.24, 2.45) is 0 Å². The number of amides is 2. The van der Waals surface area contributed by atoms with E-state index in [1.807, 2.05) is 6.07 Å². The molecular formula is C22H27N3O3. The minimum Gasteiger partial charge on any atom is -0.478 e. The number of rotatable bonds is 7. The van der Waals surface area contributed by atoms with Crippen LogP contribution in [0.1, 0.15) is 40.7 Å². The minimum atomic E-state index is -0.954. The Morgan fingerprint density at radius 3 is 2.43 bits per heavy atom. The summed E-state index contributed by atoms with van der Waals surface area (Å²) in [5.41, 5.74) is 2.40. The van der Waals surface area contributed by atoms with Crippen LogP contribution in [0.15, 0.2) is 54.6 Å². The SMILES string of the molecule is O=C(NCc1ccc(C(=O)O)cc1)NCC1CCCCN1Cc1ccccc1. The van der Waals surface area contributed by atoms with Gasteiger partial charge in [0.2, 0.25) is 0 Å². The molecule has 3 rings (SSSR count). The second-order valence-corrected chi connectivity index (χ2v) is 7.17. The molecule has 0 radical (unpaired) electrons. The van der Waals surface area contributed by atoms with Crippen molar-refractivity contribution in [2.75, 3.05) is 13.1 Å². The van der Waals surface area contributed by atoms with E-state index in [1.54, 1.807) is 24.3 Å². The van der Waals surface area contributed by atoms with Crippen LogP contribution in [0.5, 0.6) is 0 Å². The molecule has 3 N–H and O–H groups in total. The fourth-order valence-electron chi connectivity index (χ4n) is 3.54. The molecule has 2 aromatic carbocycles. The normalized spacial score (nSPS) is 17.1. The Hall–Kier alpha value is -2.86. The van der Waals surface area contributed by atoms with Gasteiger partial charge in [-0.1, -0.05) is 48.9 Å². The number of likely N-dealkylation sites (tertiary alicyclic amines) is 1. The molecule has 0 saturated carbocycles. The Kier molecular flexibility index (Phi) is 7.03. The Morgan fingerprint density at radius 1 is 0.964 bits per heavy atom. The van der Waals surface area contributed by atoms with E-state index in [1.165, 1.54) is 18.4 Å². The van der Waals surface area contributed by atoms with Gasteiger partial charge in [-0.05, 0) is 42.6 Å². The molecule has 1 atom stereocenters. The lowest BCUT2D eigenvalue weighted by molar-refractivity contribution is 0.0697. The van der Waals surface area contributed by atoms with E-state index in [0.717, 1.165) is 25.1 Å². The van der Waals surface area contributed by atoms with Crippen molar-refractivity contribution in [3.8, 4) is 0 Å². The van der Waals surface area contributed by atoms with Crippen LogP contribution in [0.2, 0.25) is 0 Å². The molecule has 2 aromatic rings. The van der Waals surface area contributed by atoms with E-state index < -0.39 is 5.97 Å². The fourth-order valence-corrected chi connectivity index (χ4v) is 3.54. The molecule has 0 aliphatic carbocycles. The summed E-state index contributed by atoms with van der Waals surface area (Å²) in [7, 11) is 0. The molecule has 1 heterocycles. The van der Waals surface area contributed by atoms with Crippen LogP contribution < -0.4 is 10.6 Å². The summed E-state index contributed by atoms with van der Waals surface area (Å²) >= 11 is 0. The van der Waals surface area contributed by atoms with Gasteiger partial charge in [-0.2, -0.15) is 0 Å². The second-order valence-electron chi connectivity index (χ2n) is 7.17. The monoisotopic (exact) mass is 381 g/mol. The van der Waals surface area contributed by atoms with Crippen molar-refractivity contribution in [2.45, 2.75) is 38.4 Å². The molecule has 0 spiro atoms. The lowest BCUT2D eigenvalue weighted by Crippen LogP contribution is -2.48. The highest BCUT2D eigenvalue weighted by atomic mass is 16.4. The van der Waals surface area contributed by atoms with Crippen LogP contribution in [-0.2, 0) is 13.1 Å². The predicted molar refractivity (Wildman–Crippen MR) is 108 cm³/mol. The van der Waals surface area contributed by atoms with E-state index in [0.29, 0.717) is 19.1 Å². The van der Waals surface area contributed by atoms with Gasteiger partial charge in [0.05, 0.1) is 5.56 Å². The van der Waals surface area contributed by atoms with Crippen molar-refractivity contribution < 1.29 is 14.7 Å². The van der Waals surface area contributed by atoms with Crippen LogP contribution >= 0.6 is 0 Å². The zero-order valence-corrected chi connectivity index (χ0v) is 15.9.